The Labute approximate surface area is 203 Å². The van der Waals surface area contributed by atoms with Crippen LogP contribution in [0.5, 0.6) is 0 Å². The Morgan fingerprint density at radius 2 is 1.75 bits per heavy atom. The third-order valence-electron chi connectivity index (χ3n) is 4.75. The lowest BCUT2D eigenvalue weighted by molar-refractivity contribution is 0.534. The van der Waals surface area contributed by atoms with Gasteiger partial charge in [0, 0.05) is 23.8 Å². The van der Waals surface area contributed by atoms with Gasteiger partial charge in [0.05, 0.1) is 18.8 Å². The van der Waals surface area contributed by atoms with Crippen molar-refractivity contribution < 1.29 is 21.6 Å². The number of furan rings is 1. The van der Waals surface area contributed by atoms with Gasteiger partial charge >= 0.3 is 0 Å². The lowest BCUT2D eigenvalue weighted by Gasteiger charge is -2.12. The van der Waals surface area contributed by atoms with Gasteiger partial charge in [-0.2, -0.15) is 0 Å². The first kappa shape index (κ1) is 26.0. The molecule has 3 aromatic rings. The van der Waals surface area contributed by atoms with Crippen LogP contribution in [0.2, 0.25) is 0 Å². The monoisotopic (exact) mass is 577 g/mol. The van der Waals surface area contributed by atoms with Crippen molar-refractivity contribution >= 4 is 50.7 Å². The Bertz CT molecular complexity index is 1230. The van der Waals surface area contributed by atoms with E-state index >= 15 is 0 Å². The Kier molecular flexibility index (Phi) is 9.02. The minimum Gasteiger partial charge on any atom is -0.459 e. The molecule has 0 saturated heterocycles. The molecule has 10 heteroatoms. The van der Waals surface area contributed by atoms with E-state index in [1.54, 1.807) is 6.07 Å². The summed E-state index contributed by atoms with van der Waals surface area (Å²) in [4.78, 5) is 4.46. The number of sulfone groups is 1. The van der Waals surface area contributed by atoms with Crippen LogP contribution in [-0.4, -0.2) is 27.2 Å². The Morgan fingerprint density at radius 1 is 1.06 bits per heavy atom. The second-order valence-corrected chi connectivity index (χ2v) is 9.46. The smallest absolute Gasteiger partial charge is 0.191 e. The molecule has 0 aliphatic carbocycles. The highest BCUT2D eigenvalue weighted by Gasteiger charge is 2.13. The SMILES string of the molecule is CCNC(=NCc1cc(F)ccc1CS(C)(=O)=O)NCc1oc2ccc(F)cc2c1C.I. The second-order valence-electron chi connectivity index (χ2n) is 7.32. The van der Waals surface area contributed by atoms with Crippen molar-refractivity contribution in [3.63, 3.8) is 0 Å². The molecule has 0 unspecified atom stereocenters. The van der Waals surface area contributed by atoms with E-state index in [9.17, 15) is 17.2 Å². The second kappa shape index (κ2) is 11.1. The molecule has 2 N–H and O–H groups in total. The van der Waals surface area contributed by atoms with E-state index in [0.29, 0.717) is 46.9 Å². The molecule has 0 radical (unpaired) electrons. The topological polar surface area (TPSA) is 83.7 Å². The van der Waals surface area contributed by atoms with Crippen LogP contribution < -0.4 is 10.6 Å². The lowest BCUT2D eigenvalue weighted by Crippen LogP contribution is -2.36. The predicted molar refractivity (Wildman–Crippen MR) is 133 cm³/mol. The predicted octanol–water partition coefficient (Wildman–Crippen LogP) is 4.44. The molecule has 6 nitrogen and oxygen atoms in total. The van der Waals surface area contributed by atoms with E-state index in [-0.39, 0.29) is 42.1 Å². The Balaban J connectivity index is 0.00000363. The fourth-order valence-corrected chi connectivity index (χ4v) is 4.09. The molecule has 32 heavy (non-hydrogen) atoms. The van der Waals surface area contributed by atoms with Gasteiger partial charge in [-0.1, -0.05) is 6.07 Å². The maximum atomic E-state index is 13.7. The van der Waals surface area contributed by atoms with Crippen molar-refractivity contribution in [2.45, 2.75) is 32.7 Å². The van der Waals surface area contributed by atoms with Crippen molar-refractivity contribution in [1.29, 1.82) is 0 Å². The zero-order valence-corrected chi connectivity index (χ0v) is 21.2. The highest BCUT2D eigenvalue weighted by Crippen LogP contribution is 2.25. The number of rotatable bonds is 7. The number of fused-ring (bicyclic) bond motifs is 1. The molecule has 2 aromatic carbocycles. The number of aryl methyl sites for hydroxylation is 1. The normalized spacial score (nSPS) is 12.0. The number of halogens is 3. The lowest BCUT2D eigenvalue weighted by atomic mass is 10.1. The van der Waals surface area contributed by atoms with E-state index in [4.69, 9.17) is 4.42 Å². The molecule has 0 atom stereocenters. The zero-order valence-electron chi connectivity index (χ0n) is 18.0. The maximum Gasteiger partial charge on any atom is 0.191 e. The number of hydrogen-bond acceptors (Lipinski definition) is 4. The minimum atomic E-state index is -3.27. The summed E-state index contributed by atoms with van der Waals surface area (Å²) in [5.74, 6) is 0.144. The number of nitrogens with one attached hydrogen (secondary N) is 2. The first-order chi connectivity index (χ1) is 14.7. The number of nitrogens with zero attached hydrogens (tertiary/aromatic N) is 1. The largest absolute Gasteiger partial charge is 0.459 e. The average Bonchev–Trinajstić information content (AvgIpc) is 3.00. The molecule has 0 saturated carbocycles. The van der Waals surface area contributed by atoms with Crippen LogP contribution in [0.25, 0.3) is 11.0 Å². The molecule has 0 fully saturated rings. The van der Waals surface area contributed by atoms with Crippen molar-refractivity contribution in [2.75, 3.05) is 12.8 Å². The van der Waals surface area contributed by atoms with Crippen molar-refractivity contribution in [2.24, 2.45) is 4.99 Å². The number of guanidine groups is 1. The van der Waals surface area contributed by atoms with Crippen LogP contribution in [0.4, 0.5) is 8.78 Å². The van der Waals surface area contributed by atoms with Crippen molar-refractivity contribution in [3.05, 3.63) is 70.5 Å². The molecular formula is C22H26F2IN3O3S. The first-order valence-corrected chi connectivity index (χ1v) is 11.9. The third kappa shape index (κ3) is 6.89. The summed E-state index contributed by atoms with van der Waals surface area (Å²) in [5.41, 5.74) is 2.44. The van der Waals surface area contributed by atoms with Crippen LogP contribution in [0.15, 0.2) is 45.8 Å². The summed E-state index contributed by atoms with van der Waals surface area (Å²) in [7, 11) is -3.27. The highest BCUT2D eigenvalue weighted by atomic mass is 127. The van der Waals surface area contributed by atoms with E-state index in [1.165, 1.54) is 30.3 Å². The summed E-state index contributed by atoms with van der Waals surface area (Å²) in [6.45, 7) is 4.77. The zero-order chi connectivity index (χ0) is 22.6. The van der Waals surface area contributed by atoms with Gasteiger partial charge in [-0.15, -0.1) is 24.0 Å². The summed E-state index contributed by atoms with van der Waals surface area (Å²) < 4.78 is 56.4. The molecule has 0 spiro atoms. The summed E-state index contributed by atoms with van der Waals surface area (Å²) in [5, 5.41) is 6.95. The first-order valence-electron chi connectivity index (χ1n) is 9.81. The molecule has 0 aliphatic rings. The van der Waals surface area contributed by atoms with Gasteiger partial charge in [0.15, 0.2) is 15.8 Å². The van der Waals surface area contributed by atoms with Crippen LogP contribution in [0.3, 0.4) is 0 Å². The molecule has 1 aromatic heterocycles. The third-order valence-corrected chi connectivity index (χ3v) is 5.59. The standard InChI is InChI=1S/C22H25F2N3O3S.HI/c1-4-25-22(26-11-16-9-17(23)6-5-15(16)13-31(3,28)29)27-12-21-14(2)19-10-18(24)7-8-20(19)30-21;/h5-10H,4,11-13H2,1-3H3,(H2,25,26,27);1H. The summed E-state index contributed by atoms with van der Waals surface area (Å²) >= 11 is 0. The quantitative estimate of drug-likeness (QED) is 0.247. The van der Waals surface area contributed by atoms with Crippen molar-refractivity contribution in [3.8, 4) is 0 Å². The fourth-order valence-electron chi connectivity index (χ4n) is 3.25. The Hall–Kier alpha value is -2.21. The average molecular weight is 577 g/mol. The van der Waals surface area contributed by atoms with Gasteiger partial charge in [-0.3, -0.25) is 0 Å². The molecule has 174 valence electrons. The van der Waals surface area contributed by atoms with E-state index in [1.807, 2.05) is 13.8 Å². The van der Waals surface area contributed by atoms with Crippen LogP contribution in [0, 0.1) is 18.6 Å². The summed E-state index contributed by atoms with van der Waals surface area (Å²) in [6, 6.07) is 8.38. The highest BCUT2D eigenvalue weighted by molar-refractivity contribution is 14.0. The van der Waals surface area contributed by atoms with Gasteiger partial charge in [-0.25, -0.2) is 22.2 Å². The molecule has 0 aliphatic heterocycles. The molecule has 1 heterocycles. The Morgan fingerprint density at radius 3 is 2.44 bits per heavy atom. The van der Waals surface area contributed by atoms with Crippen LogP contribution >= 0.6 is 24.0 Å². The number of aliphatic imine (C=N–C) groups is 1. The summed E-state index contributed by atoms with van der Waals surface area (Å²) in [6.07, 6.45) is 1.14. The van der Waals surface area contributed by atoms with Crippen LogP contribution in [-0.2, 0) is 28.7 Å². The van der Waals surface area contributed by atoms with E-state index < -0.39 is 15.7 Å². The van der Waals surface area contributed by atoms with Gasteiger partial charge in [-0.05, 0) is 55.3 Å². The maximum absolute atomic E-state index is 13.7. The van der Waals surface area contributed by atoms with Crippen molar-refractivity contribution in [1.82, 2.24) is 10.6 Å². The van der Waals surface area contributed by atoms with Crippen LogP contribution in [0.1, 0.15) is 29.4 Å². The van der Waals surface area contributed by atoms with Gasteiger partial charge in [0.25, 0.3) is 0 Å². The molecular weight excluding hydrogens is 551 g/mol. The minimum absolute atomic E-state index is 0. The molecule has 0 bridgehead atoms. The molecule has 0 amide bonds. The van der Waals surface area contributed by atoms with E-state index in [0.717, 1.165) is 11.8 Å². The van der Waals surface area contributed by atoms with Gasteiger partial charge in [0.1, 0.15) is 23.0 Å². The van der Waals surface area contributed by atoms with Gasteiger partial charge in [0.2, 0.25) is 0 Å². The fraction of sp³-hybridized carbons (Fsp3) is 0.318. The van der Waals surface area contributed by atoms with Gasteiger partial charge < -0.3 is 15.1 Å². The molecule has 3 rings (SSSR count). The number of hydrogen-bond donors (Lipinski definition) is 2. The number of benzene rings is 2. The van der Waals surface area contributed by atoms with E-state index in [2.05, 4.69) is 15.6 Å².